The fourth-order valence-corrected chi connectivity index (χ4v) is 2.14. The van der Waals surface area contributed by atoms with Crippen LogP contribution in [0.3, 0.4) is 0 Å². The molecule has 1 amide bonds. The molecule has 1 aromatic carbocycles. The van der Waals surface area contributed by atoms with Crippen LogP contribution in [0.2, 0.25) is 10.0 Å². The second-order valence-corrected chi connectivity index (χ2v) is 5.66. The SMILES string of the molecule is CC(C)C[C@@H](NC(=O)c1cc(Cl)c(N)c(Cl)c1)C(=O)O. The number of nitrogens with one attached hydrogen (secondary N) is 1. The first-order valence-corrected chi connectivity index (χ1v) is 6.76. The number of anilines is 1. The average molecular weight is 319 g/mol. The summed E-state index contributed by atoms with van der Waals surface area (Å²) in [6, 6.07) is 1.75. The number of aliphatic carboxylic acids is 1. The summed E-state index contributed by atoms with van der Waals surface area (Å²) in [5.41, 5.74) is 5.93. The van der Waals surface area contributed by atoms with Crippen LogP contribution < -0.4 is 11.1 Å². The van der Waals surface area contributed by atoms with Crippen molar-refractivity contribution in [2.45, 2.75) is 26.3 Å². The molecule has 0 saturated carbocycles. The highest BCUT2D eigenvalue weighted by molar-refractivity contribution is 6.39. The Balaban J connectivity index is 2.92. The van der Waals surface area contributed by atoms with E-state index in [1.807, 2.05) is 13.8 Å². The van der Waals surface area contributed by atoms with Gasteiger partial charge in [0.15, 0.2) is 0 Å². The molecular formula is C13H16Cl2N2O3. The van der Waals surface area contributed by atoms with E-state index in [-0.39, 0.29) is 27.2 Å². The monoisotopic (exact) mass is 318 g/mol. The lowest BCUT2D eigenvalue weighted by molar-refractivity contribution is -0.139. The summed E-state index contributed by atoms with van der Waals surface area (Å²) in [5, 5.41) is 11.8. The summed E-state index contributed by atoms with van der Waals surface area (Å²) in [7, 11) is 0. The quantitative estimate of drug-likeness (QED) is 0.728. The van der Waals surface area contributed by atoms with Gasteiger partial charge in [0.25, 0.3) is 5.91 Å². The van der Waals surface area contributed by atoms with Gasteiger partial charge < -0.3 is 16.2 Å². The highest BCUT2D eigenvalue weighted by atomic mass is 35.5. The molecule has 0 saturated heterocycles. The van der Waals surface area contributed by atoms with E-state index in [0.717, 1.165) is 0 Å². The van der Waals surface area contributed by atoms with Gasteiger partial charge in [0.1, 0.15) is 6.04 Å². The molecule has 0 unspecified atom stereocenters. The van der Waals surface area contributed by atoms with Crippen LogP contribution in [0.25, 0.3) is 0 Å². The Morgan fingerprint density at radius 2 is 1.80 bits per heavy atom. The van der Waals surface area contributed by atoms with Gasteiger partial charge in [0.05, 0.1) is 15.7 Å². The number of rotatable bonds is 5. The van der Waals surface area contributed by atoms with Crippen molar-refractivity contribution < 1.29 is 14.7 Å². The van der Waals surface area contributed by atoms with Crippen molar-refractivity contribution in [1.82, 2.24) is 5.32 Å². The average Bonchev–Trinajstić information content (AvgIpc) is 2.33. The lowest BCUT2D eigenvalue weighted by atomic mass is 10.0. The summed E-state index contributed by atoms with van der Waals surface area (Å²) in [6.07, 6.45) is 0.331. The summed E-state index contributed by atoms with van der Waals surface area (Å²) in [6.45, 7) is 3.75. The Morgan fingerprint density at radius 1 is 1.30 bits per heavy atom. The van der Waals surface area contributed by atoms with Crippen LogP contribution in [-0.4, -0.2) is 23.0 Å². The molecule has 1 atom stereocenters. The van der Waals surface area contributed by atoms with Crippen LogP contribution in [0.4, 0.5) is 5.69 Å². The number of nitrogens with two attached hydrogens (primary N) is 1. The number of benzene rings is 1. The molecular weight excluding hydrogens is 303 g/mol. The normalized spacial score (nSPS) is 12.2. The zero-order valence-electron chi connectivity index (χ0n) is 11.1. The second kappa shape index (κ2) is 6.81. The topological polar surface area (TPSA) is 92.4 Å². The van der Waals surface area contributed by atoms with E-state index < -0.39 is 17.9 Å². The molecule has 0 heterocycles. The van der Waals surface area contributed by atoms with Crippen LogP contribution in [0, 0.1) is 5.92 Å². The van der Waals surface area contributed by atoms with Crippen LogP contribution in [0.15, 0.2) is 12.1 Å². The highest BCUT2D eigenvalue weighted by Gasteiger charge is 2.22. The van der Waals surface area contributed by atoms with Crippen molar-refractivity contribution in [3.63, 3.8) is 0 Å². The number of carbonyl (C=O) groups is 2. The van der Waals surface area contributed by atoms with E-state index in [1.165, 1.54) is 12.1 Å². The second-order valence-electron chi connectivity index (χ2n) is 4.85. The van der Waals surface area contributed by atoms with Crippen molar-refractivity contribution in [3.05, 3.63) is 27.7 Å². The molecule has 0 aromatic heterocycles. The molecule has 0 radical (unpaired) electrons. The molecule has 0 aliphatic rings. The van der Waals surface area contributed by atoms with Gasteiger partial charge in [-0.2, -0.15) is 0 Å². The summed E-state index contributed by atoms with van der Waals surface area (Å²) in [4.78, 5) is 23.1. The largest absolute Gasteiger partial charge is 0.480 e. The molecule has 5 nitrogen and oxygen atoms in total. The molecule has 110 valence electrons. The standard InChI is InChI=1S/C13H16Cl2N2O3/c1-6(2)3-10(13(19)20)17-12(18)7-4-8(14)11(16)9(15)5-7/h4-6,10H,3,16H2,1-2H3,(H,17,18)(H,19,20)/t10-/m1/s1. The zero-order valence-corrected chi connectivity index (χ0v) is 12.6. The maximum Gasteiger partial charge on any atom is 0.326 e. The van der Waals surface area contributed by atoms with E-state index in [2.05, 4.69) is 5.32 Å². The zero-order chi connectivity index (χ0) is 15.4. The molecule has 0 aliphatic carbocycles. The number of amides is 1. The Hall–Kier alpha value is -1.46. The Bertz CT molecular complexity index is 509. The number of carboxylic acid groups (broad SMARTS) is 1. The van der Waals surface area contributed by atoms with Gasteiger partial charge in [-0.1, -0.05) is 37.0 Å². The molecule has 20 heavy (non-hydrogen) atoms. The van der Waals surface area contributed by atoms with E-state index >= 15 is 0 Å². The molecule has 1 aromatic rings. The third kappa shape index (κ3) is 4.28. The lowest BCUT2D eigenvalue weighted by Crippen LogP contribution is -2.41. The Morgan fingerprint density at radius 3 is 2.20 bits per heavy atom. The number of carbonyl (C=O) groups excluding carboxylic acids is 1. The van der Waals surface area contributed by atoms with Crippen molar-refractivity contribution in [2.75, 3.05) is 5.73 Å². The van der Waals surface area contributed by atoms with Crippen LogP contribution in [-0.2, 0) is 4.79 Å². The van der Waals surface area contributed by atoms with E-state index in [0.29, 0.717) is 6.42 Å². The van der Waals surface area contributed by atoms with Crippen LogP contribution in [0.5, 0.6) is 0 Å². The number of carboxylic acids is 1. The fourth-order valence-electron chi connectivity index (χ4n) is 1.65. The van der Waals surface area contributed by atoms with E-state index in [1.54, 1.807) is 0 Å². The number of hydrogen-bond acceptors (Lipinski definition) is 3. The minimum Gasteiger partial charge on any atom is -0.480 e. The third-order valence-corrected chi connectivity index (χ3v) is 3.28. The van der Waals surface area contributed by atoms with Gasteiger partial charge >= 0.3 is 5.97 Å². The van der Waals surface area contributed by atoms with Crippen molar-refractivity contribution in [2.24, 2.45) is 5.92 Å². The Kier molecular flexibility index (Phi) is 5.65. The smallest absolute Gasteiger partial charge is 0.326 e. The van der Waals surface area contributed by atoms with Gasteiger partial charge in [0, 0.05) is 5.56 Å². The molecule has 7 heteroatoms. The first kappa shape index (κ1) is 16.6. The van der Waals surface area contributed by atoms with E-state index in [4.69, 9.17) is 34.0 Å². The van der Waals surface area contributed by atoms with Gasteiger partial charge in [0.2, 0.25) is 0 Å². The molecule has 0 fully saturated rings. The summed E-state index contributed by atoms with van der Waals surface area (Å²) < 4.78 is 0. The lowest BCUT2D eigenvalue weighted by Gasteiger charge is -2.16. The van der Waals surface area contributed by atoms with E-state index in [9.17, 15) is 9.59 Å². The molecule has 0 spiro atoms. The maximum absolute atomic E-state index is 12.0. The van der Waals surface area contributed by atoms with Crippen molar-refractivity contribution in [3.8, 4) is 0 Å². The Labute approximate surface area is 127 Å². The fraction of sp³-hybridized carbons (Fsp3) is 0.385. The van der Waals surface area contributed by atoms with Gasteiger partial charge in [-0.3, -0.25) is 4.79 Å². The van der Waals surface area contributed by atoms with Crippen LogP contribution >= 0.6 is 23.2 Å². The predicted octanol–water partition coefficient (Wildman–Crippen LogP) is 2.80. The van der Waals surface area contributed by atoms with Gasteiger partial charge in [-0.05, 0) is 24.5 Å². The van der Waals surface area contributed by atoms with Crippen molar-refractivity contribution >= 4 is 40.8 Å². The number of hydrogen-bond donors (Lipinski definition) is 3. The van der Waals surface area contributed by atoms with Crippen molar-refractivity contribution in [1.29, 1.82) is 0 Å². The van der Waals surface area contributed by atoms with Gasteiger partial charge in [-0.15, -0.1) is 0 Å². The summed E-state index contributed by atoms with van der Waals surface area (Å²) in [5.74, 6) is -1.50. The molecule has 1 rings (SSSR count). The molecule has 4 N–H and O–H groups in total. The predicted molar refractivity (Wildman–Crippen MR) is 79.2 cm³/mol. The molecule has 0 aliphatic heterocycles. The number of halogens is 2. The maximum atomic E-state index is 12.0. The number of nitrogen functional groups attached to an aromatic ring is 1. The van der Waals surface area contributed by atoms with Crippen LogP contribution in [0.1, 0.15) is 30.6 Å². The first-order valence-electron chi connectivity index (χ1n) is 6.00. The highest BCUT2D eigenvalue weighted by Crippen LogP contribution is 2.28. The van der Waals surface area contributed by atoms with Gasteiger partial charge in [-0.25, -0.2) is 4.79 Å². The minimum absolute atomic E-state index is 0.134. The summed E-state index contributed by atoms with van der Waals surface area (Å²) >= 11 is 11.7. The molecule has 0 bridgehead atoms. The minimum atomic E-state index is -1.08. The third-order valence-electron chi connectivity index (χ3n) is 2.65. The first-order chi connectivity index (χ1) is 9.22.